The highest BCUT2D eigenvalue weighted by Gasteiger charge is 2.25. The Hall–Kier alpha value is -4.37. The van der Waals surface area contributed by atoms with E-state index in [0.29, 0.717) is 36.1 Å². The van der Waals surface area contributed by atoms with Crippen LogP contribution < -0.4 is 16.6 Å². The van der Waals surface area contributed by atoms with Crippen LogP contribution >= 0.6 is 0 Å². The summed E-state index contributed by atoms with van der Waals surface area (Å²) in [7, 11) is 0. The standard InChI is InChI=1S/C29H26N4O2/c30-17-20-9-10-22-14-21(15-23(22)13-20)18-33-27-8-4-7-26(31)24(27)16-25(29(33)35)28(34)32-12-11-19-5-2-1-3-6-19/h1-10,13,16,21H,11-12,14-15,18,31H2,(H,32,34). The van der Waals surface area contributed by atoms with Crippen molar-refractivity contribution in [2.75, 3.05) is 12.3 Å². The van der Waals surface area contributed by atoms with Crippen molar-refractivity contribution in [1.82, 2.24) is 9.88 Å². The number of rotatable bonds is 6. The summed E-state index contributed by atoms with van der Waals surface area (Å²) >= 11 is 0. The molecule has 1 aromatic heterocycles. The Morgan fingerprint density at radius 1 is 1.03 bits per heavy atom. The molecule has 3 N–H and O–H groups in total. The summed E-state index contributed by atoms with van der Waals surface area (Å²) in [6, 6.07) is 25.0. The van der Waals surface area contributed by atoms with E-state index in [1.54, 1.807) is 16.7 Å². The van der Waals surface area contributed by atoms with Crippen LogP contribution in [0.3, 0.4) is 0 Å². The number of hydrogen-bond donors (Lipinski definition) is 2. The number of aromatic nitrogens is 1. The first-order valence-corrected chi connectivity index (χ1v) is 11.8. The van der Waals surface area contributed by atoms with Gasteiger partial charge >= 0.3 is 0 Å². The smallest absolute Gasteiger partial charge is 0.263 e. The third-order valence-electron chi connectivity index (χ3n) is 6.75. The molecule has 5 rings (SSSR count). The fourth-order valence-electron chi connectivity index (χ4n) is 4.99. The van der Waals surface area contributed by atoms with E-state index in [4.69, 9.17) is 5.73 Å². The summed E-state index contributed by atoms with van der Waals surface area (Å²) in [5.41, 5.74) is 11.4. The van der Waals surface area contributed by atoms with E-state index in [1.165, 1.54) is 5.56 Å². The van der Waals surface area contributed by atoms with Gasteiger partial charge in [-0.05, 0) is 72.2 Å². The molecule has 4 aromatic rings. The number of nitriles is 1. The number of carbonyl (C=O) groups is 1. The third kappa shape index (κ3) is 4.53. The maximum absolute atomic E-state index is 13.5. The van der Waals surface area contributed by atoms with Gasteiger partial charge in [-0.2, -0.15) is 5.26 Å². The number of nitrogens with two attached hydrogens (primary N) is 1. The number of pyridine rings is 1. The number of carbonyl (C=O) groups excluding carboxylic acids is 1. The van der Waals surface area contributed by atoms with Crippen LogP contribution in [-0.2, 0) is 25.8 Å². The lowest BCUT2D eigenvalue weighted by Crippen LogP contribution is -2.35. The highest BCUT2D eigenvalue weighted by atomic mass is 16.2. The minimum Gasteiger partial charge on any atom is -0.398 e. The van der Waals surface area contributed by atoms with Gasteiger partial charge in [-0.3, -0.25) is 9.59 Å². The molecule has 1 unspecified atom stereocenters. The van der Waals surface area contributed by atoms with Crippen molar-refractivity contribution in [3.05, 3.63) is 111 Å². The molecule has 0 radical (unpaired) electrons. The number of anilines is 1. The largest absolute Gasteiger partial charge is 0.398 e. The lowest BCUT2D eigenvalue weighted by Gasteiger charge is -2.17. The zero-order valence-corrected chi connectivity index (χ0v) is 19.3. The first-order valence-electron chi connectivity index (χ1n) is 11.8. The van der Waals surface area contributed by atoms with Crippen molar-refractivity contribution in [3.8, 4) is 6.07 Å². The van der Waals surface area contributed by atoms with Gasteiger partial charge in [0.05, 0.1) is 17.1 Å². The molecule has 35 heavy (non-hydrogen) atoms. The molecular formula is C29H26N4O2. The van der Waals surface area contributed by atoms with Crippen molar-refractivity contribution in [1.29, 1.82) is 5.26 Å². The summed E-state index contributed by atoms with van der Waals surface area (Å²) in [6.45, 7) is 0.907. The number of amides is 1. The number of nitrogen functional groups attached to an aromatic ring is 1. The summed E-state index contributed by atoms with van der Waals surface area (Å²) < 4.78 is 1.69. The van der Waals surface area contributed by atoms with Crippen molar-refractivity contribution in [2.24, 2.45) is 5.92 Å². The van der Waals surface area contributed by atoms with Crippen LogP contribution in [0.5, 0.6) is 0 Å². The van der Waals surface area contributed by atoms with E-state index in [2.05, 4.69) is 11.4 Å². The van der Waals surface area contributed by atoms with Crippen LogP contribution in [0, 0.1) is 17.2 Å². The van der Waals surface area contributed by atoms with Crippen LogP contribution in [0.15, 0.2) is 77.6 Å². The van der Waals surface area contributed by atoms with E-state index in [1.807, 2.05) is 60.7 Å². The summed E-state index contributed by atoms with van der Waals surface area (Å²) in [4.78, 5) is 26.6. The van der Waals surface area contributed by atoms with Crippen LogP contribution in [0.2, 0.25) is 0 Å². The first kappa shape index (κ1) is 22.4. The summed E-state index contributed by atoms with van der Waals surface area (Å²) in [5, 5.41) is 12.8. The van der Waals surface area contributed by atoms with Gasteiger partial charge in [0.1, 0.15) is 5.56 Å². The Bertz CT molecular complexity index is 1520. The molecule has 3 aromatic carbocycles. The maximum Gasteiger partial charge on any atom is 0.263 e. The molecule has 1 heterocycles. The Labute approximate surface area is 203 Å². The topological polar surface area (TPSA) is 101 Å². The van der Waals surface area contributed by atoms with Crippen molar-refractivity contribution in [3.63, 3.8) is 0 Å². The average molecular weight is 463 g/mol. The van der Waals surface area contributed by atoms with Crippen LogP contribution in [-0.4, -0.2) is 17.0 Å². The average Bonchev–Trinajstić information content (AvgIpc) is 3.28. The monoisotopic (exact) mass is 462 g/mol. The Morgan fingerprint density at radius 3 is 2.63 bits per heavy atom. The zero-order chi connectivity index (χ0) is 24.4. The second-order valence-corrected chi connectivity index (χ2v) is 9.11. The number of hydrogen-bond acceptors (Lipinski definition) is 4. The van der Waals surface area contributed by atoms with Gasteiger partial charge in [-0.15, -0.1) is 0 Å². The molecule has 0 saturated heterocycles. The van der Waals surface area contributed by atoms with E-state index >= 15 is 0 Å². The molecule has 0 bridgehead atoms. The van der Waals surface area contributed by atoms with Crippen LogP contribution in [0.4, 0.5) is 5.69 Å². The predicted molar refractivity (Wildman–Crippen MR) is 137 cm³/mol. The van der Waals surface area contributed by atoms with Crippen molar-refractivity contribution < 1.29 is 4.79 Å². The fourth-order valence-corrected chi connectivity index (χ4v) is 4.99. The van der Waals surface area contributed by atoms with Crippen LogP contribution in [0.25, 0.3) is 10.9 Å². The van der Waals surface area contributed by atoms with Gasteiger partial charge in [0.25, 0.3) is 11.5 Å². The van der Waals surface area contributed by atoms with Gasteiger partial charge in [-0.1, -0.05) is 42.5 Å². The Kier molecular flexibility index (Phi) is 6.07. The quantitative estimate of drug-likeness (QED) is 0.425. The lowest BCUT2D eigenvalue weighted by molar-refractivity contribution is 0.0952. The second kappa shape index (κ2) is 9.47. The van der Waals surface area contributed by atoms with E-state index in [-0.39, 0.29) is 17.0 Å². The Balaban J connectivity index is 1.43. The second-order valence-electron chi connectivity index (χ2n) is 9.11. The SMILES string of the molecule is N#Cc1ccc2c(c1)CC(Cn1c(=O)c(C(=O)NCCc3ccccc3)cc3c(N)cccc31)C2. The molecule has 0 fully saturated rings. The number of benzene rings is 3. The molecule has 174 valence electrons. The van der Waals surface area contributed by atoms with Gasteiger partial charge in [-0.25, -0.2) is 0 Å². The fraction of sp³-hybridized carbons (Fsp3) is 0.207. The van der Waals surface area contributed by atoms with Crippen molar-refractivity contribution in [2.45, 2.75) is 25.8 Å². The van der Waals surface area contributed by atoms with Gasteiger partial charge < -0.3 is 15.6 Å². The van der Waals surface area contributed by atoms with E-state index in [9.17, 15) is 14.9 Å². The molecule has 0 saturated carbocycles. The van der Waals surface area contributed by atoms with E-state index < -0.39 is 5.91 Å². The normalized spacial score (nSPS) is 14.4. The number of nitrogens with zero attached hydrogens (tertiary/aromatic N) is 2. The molecular weight excluding hydrogens is 436 g/mol. The van der Waals surface area contributed by atoms with E-state index in [0.717, 1.165) is 29.5 Å². The zero-order valence-electron chi connectivity index (χ0n) is 19.3. The highest BCUT2D eigenvalue weighted by Crippen LogP contribution is 2.30. The molecule has 1 amide bonds. The third-order valence-corrected chi connectivity index (χ3v) is 6.75. The minimum absolute atomic E-state index is 0.103. The highest BCUT2D eigenvalue weighted by molar-refractivity contribution is 6.00. The van der Waals surface area contributed by atoms with Crippen molar-refractivity contribution >= 4 is 22.5 Å². The number of nitrogens with one attached hydrogen (secondary N) is 1. The summed E-state index contributed by atoms with van der Waals surface area (Å²) in [6.07, 6.45) is 2.29. The Morgan fingerprint density at radius 2 is 1.83 bits per heavy atom. The molecule has 1 aliphatic rings. The first-order chi connectivity index (χ1) is 17.0. The molecule has 0 aliphatic heterocycles. The van der Waals surface area contributed by atoms with Crippen LogP contribution in [0.1, 0.15) is 32.6 Å². The van der Waals surface area contributed by atoms with Gasteiger partial charge in [0.15, 0.2) is 0 Å². The molecule has 1 atom stereocenters. The number of fused-ring (bicyclic) bond motifs is 2. The van der Waals surface area contributed by atoms with Gasteiger partial charge in [0, 0.05) is 24.2 Å². The minimum atomic E-state index is -0.391. The summed E-state index contributed by atoms with van der Waals surface area (Å²) in [5.74, 6) is -0.198. The predicted octanol–water partition coefficient (Wildman–Crippen LogP) is 3.84. The molecule has 6 nitrogen and oxygen atoms in total. The molecule has 0 spiro atoms. The maximum atomic E-state index is 13.5. The molecule has 1 aliphatic carbocycles. The lowest BCUT2D eigenvalue weighted by atomic mass is 10.0. The van der Waals surface area contributed by atoms with Gasteiger partial charge in [0.2, 0.25) is 0 Å². The molecule has 6 heteroatoms.